The van der Waals surface area contributed by atoms with Gasteiger partial charge in [0, 0.05) is 30.1 Å². The van der Waals surface area contributed by atoms with E-state index < -0.39 is 6.10 Å². The van der Waals surface area contributed by atoms with E-state index >= 15 is 0 Å². The molecular formula is C16H18N2O2. The number of ether oxygens (including phenoxy) is 1. The summed E-state index contributed by atoms with van der Waals surface area (Å²) in [6.07, 6.45) is 2.39. The summed E-state index contributed by atoms with van der Waals surface area (Å²) in [7, 11) is 0. The van der Waals surface area contributed by atoms with Gasteiger partial charge in [0.1, 0.15) is 12.2 Å². The summed E-state index contributed by atoms with van der Waals surface area (Å²) in [5.41, 5.74) is 3.25. The second-order valence-corrected chi connectivity index (χ2v) is 5.48. The van der Waals surface area contributed by atoms with E-state index in [2.05, 4.69) is 23.8 Å². The zero-order chi connectivity index (χ0) is 14.1. The van der Waals surface area contributed by atoms with Crippen molar-refractivity contribution in [2.75, 3.05) is 6.61 Å². The monoisotopic (exact) mass is 270 g/mol. The second-order valence-electron chi connectivity index (χ2n) is 5.48. The molecule has 0 amide bonds. The quantitative estimate of drug-likeness (QED) is 0.931. The molecule has 0 aromatic carbocycles. The summed E-state index contributed by atoms with van der Waals surface area (Å²) in [4.78, 5) is 8.78. The fourth-order valence-electron chi connectivity index (χ4n) is 2.51. The van der Waals surface area contributed by atoms with E-state index in [1.165, 1.54) is 0 Å². The Morgan fingerprint density at radius 2 is 1.70 bits per heavy atom. The number of aliphatic hydroxyl groups is 1. The van der Waals surface area contributed by atoms with E-state index in [9.17, 15) is 5.11 Å². The van der Waals surface area contributed by atoms with Crippen LogP contribution < -0.4 is 0 Å². The van der Waals surface area contributed by atoms with Crippen LogP contribution in [0.4, 0.5) is 0 Å². The zero-order valence-corrected chi connectivity index (χ0v) is 11.7. The van der Waals surface area contributed by atoms with E-state index in [0.29, 0.717) is 12.5 Å². The molecule has 2 aromatic heterocycles. The molecule has 0 fully saturated rings. The van der Waals surface area contributed by atoms with Gasteiger partial charge in [-0.3, -0.25) is 9.97 Å². The lowest BCUT2D eigenvalue weighted by Crippen LogP contribution is -2.22. The van der Waals surface area contributed by atoms with Gasteiger partial charge in [0.2, 0.25) is 0 Å². The molecular weight excluding hydrogens is 252 g/mol. The lowest BCUT2D eigenvalue weighted by Gasteiger charge is -2.31. The highest BCUT2D eigenvalue weighted by Crippen LogP contribution is 2.44. The first kappa shape index (κ1) is 13.2. The molecule has 2 heterocycles. The largest absolute Gasteiger partial charge is 0.385 e. The van der Waals surface area contributed by atoms with Crippen molar-refractivity contribution in [1.29, 1.82) is 0 Å². The van der Waals surface area contributed by atoms with Crippen molar-refractivity contribution in [3.8, 4) is 11.4 Å². The SMILES string of the molecule is CC(C)CO[C@@H]1c2cccnc2-c2ncccc2[C@H]1O. The Morgan fingerprint density at radius 1 is 1.10 bits per heavy atom. The van der Waals surface area contributed by atoms with Gasteiger partial charge in [-0.05, 0) is 18.1 Å². The van der Waals surface area contributed by atoms with Crippen LogP contribution >= 0.6 is 0 Å². The molecule has 3 rings (SSSR count). The van der Waals surface area contributed by atoms with Crippen LogP contribution in [-0.2, 0) is 4.74 Å². The molecule has 0 bridgehead atoms. The first-order valence-corrected chi connectivity index (χ1v) is 6.88. The molecule has 4 nitrogen and oxygen atoms in total. The lowest BCUT2D eigenvalue weighted by atomic mass is 9.88. The molecule has 1 aliphatic carbocycles. The summed E-state index contributed by atoms with van der Waals surface area (Å²) >= 11 is 0. The molecule has 0 unspecified atom stereocenters. The minimum Gasteiger partial charge on any atom is -0.385 e. The third-order valence-corrected chi connectivity index (χ3v) is 3.42. The third-order valence-electron chi connectivity index (χ3n) is 3.42. The molecule has 20 heavy (non-hydrogen) atoms. The van der Waals surface area contributed by atoms with Crippen molar-refractivity contribution in [2.45, 2.75) is 26.1 Å². The van der Waals surface area contributed by atoms with Gasteiger partial charge in [0.05, 0.1) is 11.4 Å². The van der Waals surface area contributed by atoms with Gasteiger partial charge in [0.25, 0.3) is 0 Å². The van der Waals surface area contributed by atoms with Crippen LogP contribution in [0.3, 0.4) is 0 Å². The number of aliphatic hydroxyl groups excluding tert-OH is 1. The Hall–Kier alpha value is -1.78. The first-order valence-electron chi connectivity index (χ1n) is 6.88. The average Bonchev–Trinajstić information content (AvgIpc) is 2.47. The molecule has 2 atom stereocenters. The van der Waals surface area contributed by atoms with Crippen molar-refractivity contribution < 1.29 is 9.84 Å². The summed E-state index contributed by atoms with van der Waals surface area (Å²) in [6, 6.07) is 7.53. The zero-order valence-electron chi connectivity index (χ0n) is 11.7. The van der Waals surface area contributed by atoms with Crippen molar-refractivity contribution in [2.24, 2.45) is 5.92 Å². The molecule has 0 radical (unpaired) electrons. The molecule has 1 N–H and O–H groups in total. The third kappa shape index (κ3) is 2.21. The van der Waals surface area contributed by atoms with Gasteiger partial charge >= 0.3 is 0 Å². The lowest BCUT2D eigenvalue weighted by molar-refractivity contribution is -0.0515. The first-order chi connectivity index (χ1) is 9.68. The maximum Gasteiger partial charge on any atom is 0.115 e. The van der Waals surface area contributed by atoms with E-state index in [4.69, 9.17) is 4.74 Å². The molecule has 0 saturated carbocycles. The van der Waals surface area contributed by atoms with Gasteiger partial charge in [-0.1, -0.05) is 26.0 Å². The highest BCUT2D eigenvalue weighted by Gasteiger charge is 2.34. The van der Waals surface area contributed by atoms with Gasteiger partial charge in [-0.15, -0.1) is 0 Å². The fourth-order valence-corrected chi connectivity index (χ4v) is 2.51. The highest BCUT2D eigenvalue weighted by molar-refractivity contribution is 5.67. The Bertz CT molecular complexity index is 613. The minimum atomic E-state index is -0.700. The smallest absolute Gasteiger partial charge is 0.115 e. The van der Waals surface area contributed by atoms with Crippen LogP contribution in [0, 0.1) is 5.92 Å². The number of nitrogens with zero attached hydrogens (tertiary/aromatic N) is 2. The van der Waals surface area contributed by atoms with Crippen molar-refractivity contribution >= 4 is 0 Å². The number of fused-ring (bicyclic) bond motifs is 3. The van der Waals surface area contributed by atoms with E-state index in [1.807, 2.05) is 24.3 Å². The number of hydrogen-bond acceptors (Lipinski definition) is 4. The van der Waals surface area contributed by atoms with E-state index in [1.54, 1.807) is 12.4 Å². The fraction of sp³-hybridized carbons (Fsp3) is 0.375. The molecule has 1 aliphatic rings. The molecule has 104 valence electrons. The van der Waals surface area contributed by atoms with Crippen LogP contribution in [0.15, 0.2) is 36.7 Å². The maximum absolute atomic E-state index is 10.6. The van der Waals surface area contributed by atoms with Crippen molar-refractivity contribution in [3.05, 3.63) is 47.8 Å². The normalized spacial score (nSPS) is 20.6. The number of rotatable bonds is 3. The summed E-state index contributed by atoms with van der Waals surface area (Å²) in [6.45, 7) is 4.79. The van der Waals surface area contributed by atoms with Crippen LogP contribution in [0.25, 0.3) is 11.4 Å². The van der Waals surface area contributed by atoms with Crippen LogP contribution in [0.5, 0.6) is 0 Å². The van der Waals surface area contributed by atoms with Crippen LogP contribution in [0.2, 0.25) is 0 Å². The second kappa shape index (κ2) is 5.31. The molecule has 0 aliphatic heterocycles. The van der Waals surface area contributed by atoms with Gasteiger partial charge in [-0.2, -0.15) is 0 Å². The van der Waals surface area contributed by atoms with E-state index in [0.717, 1.165) is 22.5 Å². The molecule has 4 heteroatoms. The Morgan fingerprint density at radius 3 is 2.35 bits per heavy atom. The van der Waals surface area contributed by atoms with Crippen LogP contribution in [-0.4, -0.2) is 21.7 Å². The van der Waals surface area contributed by atoms with Gasteiger partial charge in [0.15, 0.2) is 0 Å². The summed E-state index contributed by atoms with van der Waals surface area (Å²) in [5, 5.41) is 10.6. The predicted molar refractivity (Wildman–Crippen MR) is 76.0 cm³/mol. The van der Waals surface area contributed by atoms with Gasteiger partial charge < -0.3 is 9.84 Å². The topological polar surface area (TPSA) is 55.2 Å². The Labute approximate surface area is 118 Å². The standard InChI is InChI=1S/C16H18N2O2/c1-10(2)9-20-16-12-6-4-8-18-14(12)13-11(15(16)19)5-3-7-17-13/h3-8,10,15-16,19H,9H2,1-2H3/t15-,16-/m1/s1. The maximum atomic E-state index is 10.6. The highest BCUT2D eigenvalue weighted by atomic mass is 16.5. The van der Waals surface area contributed by atoms with Crippen LogP contribution in [0.1, 0.15) is 37.2 Å². The summed E-state index contributed by atoms with van der Waals surface area (Å²) in [5.74, 6) is 0.414. The number of pyridine rings is 2. The molecule has 0 saturated heterocycles. The Balaban J connectivity index is 2.06. The molecule has 0 spiro atoms. The van der Waals surface area contributed by atoms with Crippen molar-refractivity contribution in [1.82, 2.24) is 9.97 Å². The predicted octanol–water partition coefficient (Wildman–Crippen LogP) is 2.90. The summed E-state index contributed by atoms with van der Waals surface area (Å²) < 4.78 is 5.92. The minimum absolute atomic E-state index is 0.377. The number of aromatic nitrogens is 2. The van der Waals surface area contributed by atoms with Gasteiger partial charge in [-0.25, -0.2) is 0 Å². The average molecular weight is 270 g/mol. The van der Waals surface area contributed by atoms with E-state index in [-0.39, 0.29) is 6.10 Å². The van der Waals surface area contributed by atoms with Crippen molar-refractivity contribution in [3.63, 3.8) is 0 Å². The number of hydrogen-bond donors (Lipinski definition) is 1. The molecule has 2 aromatic rings. The Kier molecular flexibility index (Phi) is 3.51.